The van der Waals surface area contributed by atoms with Crippen molar-refractivity contribution < 1.29 is 4.74 Å². The largest absolute Gasteiger partial charge is 0.497 e. The van der Waals surface area contributed by atoms with Gasteiger partial charge in [-0.05, 0) is 34.1 Å². The van der Waals surface area contributed by atoms with Gasteiger partial charge in [0.15, 0.2) is 0 Å². The maximum absolute atomic E-state index is 5.77. The molecule has 1 aromatic carbocycles. The number of H-pyrrole nitrogens is 1. The number of nitrogens with zero attached hydrogens (tertiary/aromatic N) is 1. The summed E-state index contributed by atoms with van der Waals surface area (Å²) < 4.78 is 6.03. The van der Waals surface area contributed by atoms with Gasteiger partial charge in [-0.1, -0.05) is 0 Å². The molecule has 0 aliphatic heterocycles. The van der Waals surface area contributed by atoms with Gasteiger partial charge in [-0.3, -0.25) is 5.10 Å². The normalized spacial score (nSPS) is 10.3. The number of nitrogens with one attached hydrogen (secondary N) is 1. The van der Waals surface area contributed by atoms with E-state index in [-0.39, 0.29) is 0 Å². The first-order valence-corrected chi connectivity index (χ1v) is 5.14. The summed E-state index contributed by atoms with van der Waals surface area (Å²) in [6, 6.07) is 5.68. The van der Waals surface area contributed by atoms with E-state index in [0.717, 1.165) is 21.5 Å². The van der Waals surface area contributed by atoms with Gasteiger partial charge in [0.2, 0.25) is 0 Å². The molecule has 5 heteroatoms. The smallest absolute Gasteiger partial charge is 0.120 e. The molecule has 3 N–H and O–H groups in total. The van der Waals surface area contributed by atoms with E-state index in [1.54, 1.807) is 13.3 Å². The third kappa shape index (κ3) is 1.83. The fourth-order valence-corrected chi connectivity index (χ4v) is 1.89. The Bertz CT molecular complexity index is 481. The van der Waals surface area contributed by atoms with Crippen molar-refractivity contribution in [3.63, 3.8) is 0 Å². The van der Waals surface area contributed by atoms with E-state index in [4.69, 9.17) is 10.5 Å². The number of nitrogen functional groups attached to an aromatic ring is 1. The Morgan fingerprint density at radius 3 is 2.80 bits per heavy atom. The standard InChI is InChI=1S/C10H10BrN3O/c1-15-6-2-3-7(8(11)4-6)10-9(12)5-13-14-10/h2-5H,12H2,1H3,(H,13,14). The maximum atomic E-state index is 5.77. The molecule has 0 bridgehead atoms. The van der Waals surface area contributed by atoms with E-state index in [1.165, 1.54) is 0 Å². The second-order valence-electron chi connectivity index (χ2n) is 3.05. The molecule has 0 spiro atoms. The van der Waals surface area contributed by atoms with Gasteiger partial charge in [0.05, 0.1) is 24.7 Å². The molecule has 0 unspecified atom stereocenters. The molecule has 1 heterocycles. The maximum Gasteiger partial charge on any atom is 0.120 e. The van der Waals surface area contributed by atoms with Crippen LogP contribution in [0.15, 0.2) is 28.9 Å². The summed E-state index contributed by atoms with van der Waals surface area (Å²) in [5, 5.41) is 6.73. The lowest BCUT2D eigenvalue weighted by Gasteiger charge is -2.05. The van der Waals surface area contributed by atoms with E-state index >= 15 is 0 Å². The van der Waals surface area contributed by atoms with Crippen LogP contribution in [0.1, 0.15) is 0 Å². The highest BCUT2D eigenvalue weighted by molar-refractivity contribution is 9.10. The van der Waals surface area contributed by atoms with Crippen molar-refractivity contribution in [2.75, 3.05) is 12.8 Å². The lowest BCUT2D eigenvalue weighted by molar-refractivity contribution is 0.414. The minimum Gasteiger partial charge on any atom is -0.497 e. The summed E-state index contributed by atoms with van der Waals surface area (Å²) in [5.41, 5.74) is 8.17. The SMILES string of the molecule is COc1ccc(-c2[nH]ncc2N)c(Br)c1. The molecule has 0 saturated carbocycles. The van der Waals surface area contributed by atoms with Gasteiger partial charge in [-0.2, -0.15) is 5.10 Å². The zero-order valence-corrected chi connectivity index (χ0v) is 9.71. The molecule has 15 heavy (non-hydrogen) atoms. The molecule has 0 saturated heterocycles. The predicted octanol–water partition coefficient (Wildman–Crippen LogP) is 2.43. The van der Waals surface area contributed by atoms with Gasteiger partial charge in [0.25, 0.3) is 0 Å². The van der Waals surface area contributed by atoms with E-state index in [9.17, 15) is 0 Å². The number of methoxy groups -OCH3 is 1. The summed E-state index contributed by atoms with van der Waals surface area (Å²) in [6.07, 6.45) is 1.59. The van der Waals surface area contributed by atoms with Gasteiger partial charge < -0.3 is 10.5 Å². The van der Waals surface area contributed by atoms with E-state index in [2.05, 4.69) is 26.1 Å². The van der Waals surface area contributed by atoms with Gasteiger partial charge >= 0.3 is 0 Å². The Morgan fingerprint density at radius 2 is 2.27 bits per heavy atom. The number of ether oxygens (including phenoxy) is 1. The van der Waals surface area contributed by atoms with E-state index in [1.807, 2.05) is 18.2 Å². The Kier molecular flexibility index (Phi) is 2.64. The van der Waals surface area contributed by atoms with Crippen molar-refractivity contribution in [2.24, 2.45) is 0 Å². The fraction of sp³-hybridized carbons (Fsp3) is 0.100. The summed E-state index contributed by atoms with van der Waals surface area (Å²) in [7, 11) is 1.63. The number of hydrogen-bond donors (Lipinski definition) is 2. The molecular formula is C10H10BrN3O. The first kappa shape index (κ1) is 10.0. The van der Waals surface area contributed by atoms with Crippen molar-refractivity contribution in [1.29, 1.82) is 0 Å². The Hall–Kier alpha value is -1.49. The second-order valence-corrected chi connectivity index (χ2v) is 3.90. The fourth-order valence-electron chi connectivity index (χ4n) is 1.34. The van der Waals surface area contributed by atoms with Crippen LogP contribution in [0.3, 0.4) is 0 Å². The monoisotopic (exact) mass is 267 g/mol. The van der Waals surface area contributed by atoms with Crippen LogP contribution in [-0.2, 0) is 0 Å². The lowest BCUT2D eigenvalue weighted by Crippen LogP contribution is -1.89. The van der Waals surface area contributed by atoms with Crippen molar-refractivity contribution in [3.05, 3.63) is 28.9 Å². The van der Waals surface area contributed by atoms with Crippen LogP contribution in [0, 0.1) is 0 Å². The summed E-state index contributed by atoms with van der Waals surface area (Å²) >= 11 is 3.46. The minimum absolute atomic E-state index is 0.626. The zero-order chi connectivity index (χ0) is 10.8. The zero-order valence-electron chi connectivity index (χ0n) is 8.12. The van der Waals surface area contributed by atoms with Gasteiger partial charge in [0, 0.05) is 10.0 Å². The number of nitrogens with two attached hydrogens (primary N) is 1. The van der Waals surface area contributed by atoms with Crippen LogP contribution in [-0.4, -0.2) is 17.3 Å². The Labute approximate surface area is 95.6 Å². The molecule has 1 aromatic heterocycles. The molecule has 0 radical (unpaired) electrons. The van der Waals surface area contributed by atoms with Gasteiger partial charge in [0.1, 0.15) is 5.75 Å². The molecule has 2 aromatic rings. The van der Waals surface area contributed by atoms with Crippen LogP contribution in [0.5, 0.6) is 5.75 Å². The van der Waals surface area contributed by atoms with Crippen LogP contribution >= 0.6 is 15.9 Å². The topological polar surface area (TPSA) is 63.9 Å². The third-order valence-electron chi connectivity index (χ3n) is 2.11. The first-order chi connectivity index (χ1) is 7.22. The number of aromatic amines is 1. The predicted molar refractivity (Wildman–Crippen MR) is 62.7 cm³/mol. The molecule has 78 valence electrons. The number of aromatic nitrogens is 2. The van der Waals surface area contributed by atoms with Crippen molar-refractivity contribution in [2.45, 2.75) is 0 Å². The number of halogens is 1. The molecule has 0 aliphatic carbocycles. The highest BCUT2D eigenvalue weighted by Crippen LogP contribution is 2.32. The molecule has 0 fully saturated rings. The number of benzene rings is 1. The first-order valence-electron chi connectivity index (χ1n) is 4.35. The number of hydrogen-bond acceptors (Lipinski definition) is 3. The molecule has 4 nitrogen and oxygen atoms in total. The summed E-state index contributed by atoms with van der Waals surface area (Å²) in [4.78, 5) is 0. The van der Waals surface area contributed by atoms with E-state index < -0.39 is 0 Å². The lowest BCUT2D eigenvalue weighted by atomic mass is 10.1. The number of anilines is 1. The molecule has 0 atom stereocenters. The molecule has 0 aliphatic rings. The third-order valence-corrected chi connectivity index (χ3v) is 2.77. The van der Waals surface area contributed by atoms with Crippen LogP contribution < -0.4 is 10.5 Å². The average Bonchev–Trinajstić information content (AvgIpc) is 2.64. The summed E-state index contributed by atoms with van der Waals surface area (Å²) in [6.45, 7) is 0. The number of rotatable bonds is 2. The summed E-state index contributed by atoms with van der Waals surface area (Å²) in [5.74, 6) is 0.795. The van der Waals surface area contributed by atoms with Gasteiger partial charge in [-0.25, -0.2) is 0 Å². The molecular weight excluding hydrogens is 258 g/mol. The quantitative estimate of drug-likeness (QED) is 0.879. The van der Waals surface area contributed by atoms with Crippen LogP contribution in [0.4, 0.5) is 5.69 Å². The molecule has 2 rings (SSSR count). The average molecular weight is 268 g/mol. The molecule has 0 amide bonds. The minimum atomic E-state index is 0.626. The van der Waals surface area contributed by atoms with Crippen molar-refractivity contribution in [1.82, 2.24) is 10.2 Å². The van der Waals surface area contributed by atoms with E-state index in [0.29, 0.717) is 5.69 Å². The van der Waals surface area contributed by atoms with Crippen LogP contribution in [0.25, 0.3) is 11.3 Å². The second kappa shape index (κ2) is 3.94. The Morgan fingerprint density at radius 1 is 1.47 bits per heavy atom. The highest BCUT2D eigenvalue weighted by atomic mass is 79.9. The highest BCUT2D eigenvalue weighted by Gasteiger charge is 2.09. The van der Waals surface area contributed by atoms with Crippen molar-refractivity contribution >= 4 is 21.6 Å². The van der Waals surface area contributed by atoms with Crippen molar-refractivity contribution in [3.8, 4) is 17.0 Å². The van der Waals surface area contributed by atoms with Gasteiger partial charge in [-0.15, -0.1) is 0 Å². The Balaban J connectivity index is 2.50. The van der Waals surface area contributed by atoms with Crippen LogP contribution in [0.2, 0.25) is 0 Å².